The maximum Gasteiger partial charge on any atom is 0.408 e. The Hall–Kier alpha value is -3.10. The summed E-state index contributed by atoms with van der Waals surface area (Å²) in [6.45, 7) is 9.34. The maximum absolute atomic E-state index is 13.5. The summed E-state index contributed by atoms with van der Waals surface area (Å²) in [6, 6.07) is 7.10. The monoisotopic (exact) mass is 476 g/mol. The first-order valence-electron chi connectivity index (χ1n) is 11.7. The Kier molecular flexibility index (Phi) is 9.89. The lowest BCUT2D eigenvalue weighted by Gasteiger charge is -2.38. The summed E-state index contributed by atoms with van der Waals surface area (Å²) in [6.07, 6.45) is -0.0895. The highest BCUT2D eigenvalue weighted by atomic mass is 16.6. The number of ether oxygens (including phenoxy) is 3. The third kappa shape index (κ3) is 8.68. The largest absolute Gasteiger partial charge is 0.464 e. The molecule has 0 spiro atoms. The van der Waals surface area contributed by atoms with Gasteiger partial charge in [0.25, 0.3) is 0 Å². The van der Waals surface area contributed by atoms with Crippen LogP contribution in [0.3, 0.4) is 0 Å². The molecule has 3 atom stereocenters. The summed E-state index contributed by atoms with van der Waals surface area (Å²) in [5.41, 5.74) is 0.00529. The Morgan fingerprint density at radius 1 is 1.12 bits per heavy atom. The lowest BCUT2D eigenvalue weighted by Crippen LogP contribution is -2.57. The van der Waals surface area contributed by atoms with E-state index in [0.717, 1.165) is 5.56 Å². The zero-order chi connectivity index (χ0) is 25.3. The fourth-order valence-corrected chi connectivity index (χ4v) is 3.68. The van der Waals surface area contributed by atoms with E-state index in [0.29, 0.717) is 19.4 Å². The Balaban J connectivity index is 2.17. The van der Waals surface area contributed by atoms with Crippen molar-refractivity contribution < 1.29 is 33.4 Å². The van der Waals surface area contributed by atoms with Crippen molar-refractivity contribution in [3.05, 3.63) is 35.9 Å². The van der Waals surface area contributed by atoms with Gasteiger partial charge in [-0.15, -0.1) is 0 Å². The minimum atomic E-state index is -1.25. The van der Waals surface area contributed by atoms with Crippen LogP contribution >= 0.6 is 0 Å². The molecule has 1 heterocycles. The van der Waals surface area contributed by atoms with Gasteiger partial charge in [-0.1, -0.05) is 37.3 Å². The zero-order valence-corrected chi connectivity index (χ0v) is 20.7. The predicted molar refractivity (Wildman–Crippen MR) is 125 cm³/mol. The molecule has 2 rings (SSSR count). The Bertz CT molecular complexity index is 851. The van der Waals surface area contributed by atoms with Crippen LogP contribution in [0.15, 0.2) is 30.3 Å². The molecule has 1 N–H and O–H groups in total. The summed E-state index contributed by atoms with van der Waals surface area (Å²) in [7, 11) is 0. The van der Waals surface area contributed by atoms with Gasteiger partial charge in [0.05, 0.1) is 13.0 Å². The number of rotatable bonds is 8. The molecule has 0 saturated carbocycles. The summed E-state index contributed by atoms with van der Waals surface area (Å²) < 4.78 is 15.8. The molecule has 1 aromatic rings. The van der Waals surface area contributed by atoms with Crippen LogP contribution in [-0.4, -0.2) is 59.7 Å². The second-order valence-electron chi connectivity index (χ2n) is 9.48. The topological polar surface area (TPSA) is 111 Å². The number of hydrogen-bond acceptors (Lipinski definition) is 7. The number of carbonyl (C=O) groups excluding carboxylic acids is 4. The molecule has 1 aliphatic heterocycles. The second-order valence-corrected chi connectivity index (χ2v) is 9.48. The van der Waals surface area contributed by atoms with Gasteiger partial charge in [-0.05, 0) is 52.0 Å². The van der Waals surface area contributed by atoms with Crippen LogP contribution in [-0.2, 0) is 35.2 Å². The van der Waals surface area contributed by atoms with Crippen molar-refractivity contribution in [2.45, 2.75) is 78.2 Å². The summed E-state index contributed by atoms with van der Waals surface area (Å²) in [5.74, 6) is -1.47. The average molecular weight is 477 g/mol. The number of nitrogens with one attached hydrogen (secondary N) is 1. The molecule has 0 unspecified atom stereocenters. The first kappa shape index (κ1) is 27.1. The molecule has 2 amide bonds. The van der Waals surface area contributed by atoms with E-state index < -0.39 is 48.0 Å². The number of alkyl carbamates (subject to hydrolysis) is 1. The van der Waals surface area contributed by atoms with Gasteiger partial charge in [-0.25, -0.2) is 9.59 Å². The van der Waals surface area contributed by atoms with Crippen LogP contribution in [0.1, 0.15) is 59.4 Å². The standard InChI is InChI=1S/C25H36N2O7/c1-6-32-23(30)20-14-17(2)12-13-27(20)22(29)19(26-24(31)34-25(3,4)5)15-21(28)33-16-18-10-8-7-9-11-18/h7-11,17,19-20H,6,12-16H2,1-5H3,(H,26,31)/t17-,19+,20-/m1/s1. The van der Waals surface area contributed by atoms with Gasteiger partial charge in [0.1, 0.15) is 24.3 Å². The summed E-state index contributed by atoms with van der Waals surface area (Å²) in [4.78, 5) is 52.4. The van der Waals surface area contributed by atoms with Crippen molar-refractivity contribution in [1.29, 1.82) is 0 Å². The fraction of sp³-hybridized carbons (Fsp3) is 0.600. The van der Waals surface area contributed by atoms with E-state index in [2.05, 4.69) is 5.32 Å². The molecule has 1 aliphatic rings. The van der Waals surface area contributed by atoms with Crippen LogP contribution in [0, 0.1) is 5.92 Å². The Morgan fingerprint density at radius 3 is 2.41 bits per heavy atom. The number of carbonyl (C=O) groups is 4. The van der Waals surface area contributed by atoms with Crippen molar-refractivity contribution in [2.24, 2.45) is 5.92 Å². The number of hydrogen-bond donors (Lipinski definition) is 1. The molecule has 1 fully saturated rings. The zero-order valence-electron chi connectivity index (χ0n) is 20.7. The highest BCUT2D eigenvalue weighted by molar-refractivity contribution is 5.92. The Labute approximate surface area is 201 Å². The maximum atomic E-state index is 13.5. The second kappa shape index (κ2) is 12.4. The highest BCUT2D eigenvalue weighted by Crippen LogP contribution is 2.25. The molecule has 188 valence electrons. The van der Waals surface area contributed by atoms with Crippen molar-refractivity contribution in [3.63, 3.8) is 0 Å². The van der Waals surface area contributed by atoms with Gasteiger partial charge in [0, 0.05) is 6.54 Å². The first-order chi connectivity index (χ1) is 16.0. The quantitative estimate of drug-likeness (QED) is 0.453. The minimum Gasteiger partial charge on any atom is -0.464 e. The molecule has 1 saturated heterocycles. The molecule has 0 aromatic heterocycles. The fourth-order valence-electron chi connectivity index (χ4n) is 3.68. The van der Waals surface area contributed by atoms with Crippen molar-refractivity contribution in [3.8, 4) is 0 Å². The summed E-state index contributed by atoms with van der Waals surface area (Å²) in [5, 5.41) is 2.50. The molecule has 0 bridgehead atoms. The lowest BCUT2D eigenvalue weighted by molar-refractivity contribution is -0.159. The van der Waals surface area contributed by atoms with E-state index in [9.17, 15) is 19.2 Å². The van der Waals surface area contributed by atoms with Crippen molar-refractivity contribution in [2.75, 3.05) is 13.2 Å². The molecule has 34 heavy (non-hydrogen) atoms. The van der Waals surface area contributed by atoms with Crippen LogP contribution in [0.4, 0.5) is 4.79 Å². The Morgan fingerprint density at radius 2 is 1.79 bits per heavy atom. The van der Waals surface area contributed by atoms with Crippen LogP contribution < -0.4 is 5.32 Å². The van der Waals surface area contributed by atoms with E-state index in [1.165, 1.54) is 4.90 Å². The van der Waals surface area contributed by atoms with Crippen LogP contribution in [0.25, 0.3) is 0 Å². The number of likely N-dealkylation sites (tertiary alicyclic amines) is 1. The number of nitrogens with zero attached hydrogens (tertiary/aromatic N) is 1. The number of benzene rings is 1. The number of esters is 2. The van der Waals surface area contributed by atoms with Gasteiger partial charge in [0.2, 0.25) is 5.91 Å². The number of piperidine rings is 1. The minimum absolute atomic E-state index is 0.0414. The average Bonchev–Trinajstić information content (AvgIpc) is 2.76. The molecule has 9 nitrogen and oxygen atoms in total. The van der Waals surface area contributed by atoms with E-state index in [-0.39, 0.29) is 19.1 Å². The SMILES string of the molecule is CCOC(=O)[C@H]1C[C@H](C)CCN1C(=O)[C@H](CC(=O)OCc1ccccc1)NC(=O)OC(C)(C)C. The molecule has 1 aromatic carbocycles. The molecule has 0 aliphatic carbocycles. The van der Waals surface area contributed by atoms with Crippen LogP contribution in [0.2, 0.25) is 0 Å². The van der Waals surface area contributed by atoms with E-state index in [4.69, 9.17) is 14.2 Å². The van der Waals surface area contributed by atoms with Crippen molar-refractivity contribution >= 4 is 23.9 Å². The van der Waals surface area contributed by atoms with Gasteiger partial charge < -0.3 is 24.4 Å². The first-order valence-corrected chi connectivity index (χ1v) is 11.7. The molecular formula is C25H36N2O7. The van der Waals surface area contributed by atoms with E-state index in [1.54, 1.807) is 27.7 Å². The predicted octanol–water partition coefficient (Wildman–Crippen LogP) is 3.20. The number of amides is 2. The normalized spacial score (nSPS) is 19.0. The van der Waals surface area contributed by atoms with E-state index >= 15 is 0 Å². The van der Waals surface area contributed by atoms with Gasteiger partial charge in [-0.2, -0.15) is 0 Å². The van der Waals surface area contributed by atoms with Crippen LogP contribution in [0.5, 0.6) is 0 Å². The van der Waals surface area contributed by atoms with Crippen molar-refractivity contribution in [1.82, 2.24) is 10.2 Å². The third-order valence-corrected chi connectivity index (χ3v) is 5.31. The van der Waals surface area contributed by atoms with Gasteiger partial charge >= 0.3 is 18.0 Å². The third-order valence-electron chi connectivity index (χ3n) is 5.31. The van der Waals surface area contributed by atoms with Gasteiger partial charge in [-0.3, -0.25) is 9.59 Å². The highest BCUT2D eigenvalue weighted by Gasteiger charge is 2.40. The molecular weight excluding hydrogens is 440 g/mol. The van der Waals surface area contributed by atoms with E-state index in [1.807, 2.05) is 37.3 Å². The van der Waals surface area contributed by atoms with Gasteiger partial charge in [0.15, 0.2) is 0 Å². The summed E-state index contributed by atoms with van der Waals surface area (Å²) >= 11 is 0. The lowest BCUT2D eigenvalue weighted by atomic mass is 9.91. The smallest absolute Gasteiger partial charge is 0.408 e. The molecule has 9 heteroatoms. The molecule has 0 radical (unpaired) electrons.